The van der Waals surface area contributed by atoms with Crippen LogP contribution in [0.2, 0.25) is 0 Å². The third-order valence-electron chi connectivity index (χ3n) is 9.21. The minimum Gasteiger partial charge on any atom is -0.480 e. The van der Waals surface area contributed by atoms with Crippen molar-refractivity contribution in [3.05, 3.63) is 24.3 Å². The minimum absolute atomic E-state index is 0.0133. The second kappa shape index (κ2) is 38.7. The number of carbonyl (C=O) groups is 2. The Kier molecular flexibility index (Phi) is 37.6. The Balaban J connectivity index is 4.23. The zero-order valence-electron chi connectivity index (χ0n) is 33.9. The maximum atomic E-state index is 12.6. The maximum absolute atomic E-state index is 12.6. The van der Waals surface area contributed by atoms with Crippen molar-refractivity contribution in [1.82, 2.24) is 0 Å². The third-order valence-corrected chi connectivity index (χ3v) is 10.2. The molecule has 0 aliphatic carbocycles. The smallest absolute Gasteiger partial charge is 0.472 e. The van der Waals surface area contributed by atoms with Gasteiger partial charge in [0.05, 0.1) is 19.8 Å². The largest absolute Gasteiger partial charge is 0.480 e. The van der Waals surface area contributed by atoms with Gasteiger partial charge in [0.25, 0.3) is 0 Å². The molecule has 0 aliphatic rings. The Labute approximate surface area is 324 Å². The van der Waals surface area contributed by atoms with Gasteiger partial charge in [-0.25, -0.2) is 4.57 Å². The summed E-state index contributed by atoms with van der Waals surface area (Å²) in [6.07, 6.45) is 40.8. The Morgan fingerprint density at radius 1 is 0.604 bits per heavy atom. The maximum Gasteiger partial charge on any atom is 0.472 e. The van der Waals surface area contributed by atoms with Crippen LogP contribution >= 0.6 is 7.82 Å². The number of phosphoric acid groups is 1. The second-order valence-corrected chi connectivity index (χ2v) is 15.9. The van der Waals surface area contributed by atoms with Crippen LogP contribution in [-0.4, -0.2) is 60.5 Å². The number of carboxylic acid groups (broad SMARTS) is 1. The molecule has 0 bridgehead atoms. The van der Waals surface area contributed by atoms with Gasteiger partial charge < -0.3 is 25.2 Å². The van der Waals surface area contributed by atoms with E-state index in [9.17, 15) is 19.0 Å². The molecule has 0 aromatic heterocycles. The van der Waals surface area contributed by atoms with Gasteiger partial charge in [-0.05, 0) is 38.5 Å². The third kappa shape index (κ3) is 38.5. The lowest BCUT2D eigenvalue weighted by atomic mass is 10.0. The Bertz CT molecular complexity index is 946. The first-order chi connectivity index (χ1) is 25.7. The molecule has 0 spiro atoms. The van der Waals surface area contributed by atoms with Crippen LogP contribution in [0.15, 0.2) is 24.3 Å². The zero-order valence-corrected chi connectivity index (χ0v) is 34.8. The van der Waals surface area contributed by atoms with E-state index in [0.717, 1.165) is 51.4 Å². The predicted molar refractivity (Wildman–Crippen MR) is 217 cm³/mol. The molecule has 0 amide bonds. The summed E-state index contributed by atoms with van der Waals surface area (Å²) in [7, 11) is -4.61. The average molecular weight is 774 g/mol. The number of unbranched alkanes of at least 4 members (excludes halogenated alkanes) is 23. The standard InChI is InChI=1S/C42H80NO9P/c1-3-5-7-9-11-13-15-17-19-20-21-22-24-26-28-30-32-34-41(44)52-39(37-50-53(47,48)51-38-40(43)42(45)46)36-49-35-33-31-29-27-25-23-18-16-14-12-10-8-6-4-2/h8,10,14,16,39-40H,3-7,9,11-13,15,17-38,43H2,1-2H3,(H,45,46)(H,47,48)/b10-8-,16-14-. The molecule has 53 heavy (non-hydrogen) atoms. The van der Waals surface area contributed by atoms with Crippen molar-refractivity contribution >= 4 is 19.8 Å². The fourth-order valence-electron chi connectivity index (χ4n) is 5.88. The molecule has 0 aliphatic heterocycles. The van der Waals surface area contributed by atoms with Gasteiger partial charge in [-0.15, -0.1) is 0 Å². The highest BCUT2D eigenvalue weighted by Crippen LogP contribution is 2.43. The highest BCUT2D eigenvalue weighted by molar-refractivity contribution is 7.47. The molecule has 0 aromatic rings. The summed E-state index contributed by atoms with van der Waals surface area (Å²) >= 11 is 0. The highest BCUT2D eigenvalue weighted by atomic mass is 31.2. The van der Waals surface area contributed by atoms with Gasteiger partial charge >= 0.3 is 19.8 Å². The van der Waals surface area contributed by atoms with E-state index in [1.54, 1.807) is 0 Å². The molecule has 11 heteroatoms. The van der Waals surface area contributed by atoms with E-state index in [0.29, 0.717) is 13.0 Å². The van der Waals surface area contributed by atoms with Crippen LogP contribution in [-0.2, 0) is 32.7 Å². The van der Waals surface area contributed by atoms with Gasteiger partial charge in [0, 0.05) is 13.0 Å². The molecule has 0 heterocycles. The van der Waals surface area contributed by atoms with Gasteiger partial charge in [-0.1, -0.05) is 173 Å². The highest BCUT2D eigenvalue weighted by Gasteiger charge is 2.27. The van der Waals surface area contributed by atoms with E-state index >= 15 is 0 Å². The predicted octanol–water partition coefficient (Wildman–Crippen LogP) is 11.5. The molecule has 0 radical (unpaired) electrons. The number of hydrogen-bond acceptors (Lipinski definition) is 8. The quantitative estimate of drug-likeness (QED) is 0.0237. The number of esters is 1. The van der Waals surface area contributed by atoms with E-state index in [-0.39, 0.29) is 13.0 Å². The Morgan fingerprint density at radius 2 is 1.08 bits per heavy atom. The first-order valence-electron chi connectivity index (χ1n) is 21.4. The van der Waals surface area contributed by atoms with Crippen LogP contribution in [0.4, 0.5) is 0 Å². The van der Waals surface area contributed by atoms with E-state index in [1.165, 1.54) is 116 Å². The zero-order chi connectivity index (χ0) is 39.1. The van der Waals surface area contributed by atoms with E-state index in [1.807, 2.05) is 0 Å². The number of nitrogens with two attached hydrogens (primary N) is 1. The number of carbonyl (C=O) groups excluding carboxylic acids is 1. The molecule has 4 N–H and O–H groups in total. The number of ether oxygens (including phenoxy) is 2. The molecule has 0 fully saturated rings. The fraction of sp³-hybridized carbons (Fsp3) is 0.857. The van der Waals surface area contributed by atoms with Crippen LogP contribution in [0, 0.1) is 0 Å². The summed E-state index contributed by atoms with van der Waals surface area (Å²) in [5.41, 5.74) is 5.35. The number of phosphoric ester groups is 1. The number of rotatable bonds is 41. The molecule has 0 aromatic carbocycles. The van der Waals surface area contributed by atoms with Gasteiger partial charge in [0.1, 0.15) is 12.1 Å². The summed E-state index contributed by atoms with van der Waals surface area (Å²) in [6.45, 7) is 3.81. The van der Waals surface area contributed by atoms with Crippen LogP contribution < -0.4 is 5.73 Å². The normalized spacial score (nSPS) is 14.2. The van der Waals surface area contributed by atoms with Crippen molar-refractivity contribution in [3.8, 4) is 0 Å². The Hall–Kier alpha value is -1.55. The fourth-order valence-corrected chi connectivity index (χ4v) is 6.66. The lowest BCUT2D eigenvalue weighted by molar-refractivity contribution is -0.154. The van der Waals surface area contributed by atoms with E-state index in [4.69, 9.17) is 29.4 Å². The molecule has 312 valence electrons. The van der Waals surface area contributed by atoms with Crippen LogP contribution in [0.1, 0.15) is 194 Å². The minimum atomic E-state index is -4.61. The van der Waals surface area contributed by atoms with Crippen LogP contribution in [0.5, 0.6) is 0 Å². The first-order valence-corrected chi connectivity index (χ1v) is 22.9. The molecule has 0 saturated carbocycles. The average Bonchev–Trinajstić information content (AvgIpc) is 3.13. The van der Waals surface area contributed by atoms with Crippen molar-refractivity contribution in [2.24, 2.45) is 5.73 Å². The van der Waals surface area contributed by atoms with Gasteiger partial charge in [0.15, 0.2) is 0 Å². The number of aliphatic carboxylic acids is 1. The van der Waals surface area contributed by atoms with E-state index in [2.05, 4.69) is 38.2 Å². The summed E-state index contributed by atoms with van der Waals surface area (Å²) in [6, 6.07) is -1.47. The van der Waals surface area contributed by atoms with Crippen molar-refractivity contribution in [1.29, 1.82) is 0 Å². The summed E-state index contributed by atoms with van der Waals surface area (Å²) in [5.74, 6) is -1.78. The first kappa shape index (κ1) is 51.5. The Morgan fingerprint density at radius 3 is 1.60 bits per heavy atom. The van der Waals surface area contributed by atoms with Crippen LogP contribution in [0.25, 0.3) is 0 Å². The lowest BCUT2D eigenvalue weighted by Crippen LogP contribution is -2.34. The summed E-state index contributed by atoms with van der Waals surface area (Å²) in [5, 5.41) is 8.88. The molecular weight excluding hydrogens is 693 g/mol. The number of carboxylic acids is 1. The van der Waals surface area contributed by atoms with Gasteiger partial charge in [-0.2, -0.15) is 0 Å². The van der Waals surface area contributed by atoms with E-state index < -0.39 is 45.1 Å². The van der Waals surface area contributed by atoms with Crippen molar-refractivity contribution in [2.75, 3.05) is 26.4 Å². The monoisotopic (exact) mass is 774 g/mol. The van der Waals surface area contributed by atoms with Crippen molar-refractivity contribution in [2.45, 2.75) is 206 Å². The molecule has 3 atom stereocenters. The summed E-state index contributed by atoms with van der Waals surface area (Å²) < 4.78 is 33.3. The summed E-state index contributed by atoms with van der Waals surface area (Å²) in [4.78, 5) is 33.5. The molecule has 0 rings (SSSR count). The number of allylic oxidation sites excluding steroid dienone is 4. The van der Waals surface area contributed by atoms with Gasteiger partial charge in [-0.3, -0.25) is 18.6 Å². The molecule has 3 unspecified atom stereocenters. The van der Waals surface area contributed by atoms with Gasteiger partial charge in [0.2, 0.25) is 0 Å². The second-order valence-electron chi connectivity index (χ2n) is 14.5. The van der Waals surface area contributed by atoms with Crippen molar-refractivity contribution in [3.63, 3.8) is 0 Å². The SMILES string of the molecule is CCC/C=C\C/C=C\CCCCCCCCOCC(COP(=O)(O)OCC(N)C(=O)O)OC(=O)CCCCCCCCCCCCCCCCCCC. The van der Waals surface area contributed by atoms with Crippen molar-refractivity contribution < 1.29 is 42.7 Å². The topological polar surface area (TPSA) is 155 Å². The van der Waals surface area contributed by atoms with Crippen LogP contribution in [0.3, 0.4) is 0 Å². The molecule has 0 saturated heterocycles. The lowest BCUT2D eigenvalue weighted by Gasteiger charge is -2.20. The number of hydrogen-bond donors (Lipinski definition) is 3. The molecular formula is C42H80NO9P. The molecule has 10 nitrogen and oxygen atoms in total.